The molecule has 0 aliphatic carbocycles. The van der Waals surface area contributed by atoms with Gasteiger partial charge >= 0.3 is 5.97 Å². The highest BCUT2D eigenvalue weighted by Gasteiger charge is 2.30. The van der Waals surface area contributed by atoms with Crippen molar-refractivity contribution in [3.05, 3.63) is 64.4 Å². The molecular weight excluding hydrogens is 356 g/mol. The van der Waals surface area contributed by atoms with Gasteiger partial charge in [0.1, 0.15) is 17.1 Å². The number of rotatable bonds is 4. The molecule has 0 fully saturated rings. The molecule has 0 saturated carbocycles. The number of hydrogen-bond acceptors (Lipinski definition) is 5. The number of benzene rings is 2. The maximum absolute atomic E-state index is 12.7. The Morgan fingerprint density at radius 2 is 1.82 bits per heavy atom. The van der Waals surface area contributed by atoms with Crippen molar-refractivity contribution < 1.29 is 23.8 Å². The van der Waals surface area contributed by atoms with E-state index in [-0.39, 0.29) is 18.1 Å². The van der Waals surface area contributed by atoms with Crippen LogP contribution in [0.1, 0.15) is 47.8 Å². The SMILES string of the molecule is Cc1ccccc1/C=C1\Oc2c(ccc(OCC(=O)OC(C)(C)C)c2C)C1=O. The number of esters is 1. The second kappa shape index (κ2) is 7.50. The zero-order valence-electron chi connectivity index (χ0n) is 16.8. The van der Waals surface area contributed by atoms with Gasteiger partial charge in [-0.2, -0.15) is 0 Å². The highest BCUT2D eigenvalue weighted by Crippen LogP contribution is 2.39. The van der Waals surface area contributed by atoms with Crippen molar-refractivity contribution in [3.8, 4) is 11.5 Å². The minimum atomic E-state index is -0.571. The highest BCUT2D eigenvalue weighted by atomic mass is 16.6. The van der Waals surface area contributed by atoms with Gasteiger partial charge < -0.3 is 14.2 Å². The first kappa shape index (κ1) is 19.7. The minimum absolute atomic E-state index is 0.167. The third kappa shape index (κ3) is 4.25. The van der Waals surface area contributed by atoms with E-state index in [9.17, 15) is 9.59 Å². The van der Waals surface area contributed by atoms with Gasteiger partial charge in [0, 0.05) is 5.56 Å². The van der Waals surface area contributed by atoms with Crippen molar-refractivity contribution in [1.82, 2.24) is 0 Å². The van der Waals surface area contributed by atoms with Gasteiger partial charge in [-0.15, -0.1) is 0 Å². The van der Waals surface area contributed by atoms with E-state index in [1.165, 1.54) is 0 Å². The summed E-state index contributed by atoms with van der Waals surface area (Å²) in [6, 6.07) is 11.1. The molecule has 0 aromatic heterocycles. The number of carbonyl (C=O) groups excluding carboxylic acids is 2. The Labute approximate surface area is 164 Å². The summed E-state index contributed by atoms with van der Waals surface area (Å²) in [5.41, 5.74) is 2.57. The van der Waals surface area contributed by atoms with Crippen LogP contribution in [0.25, 0.3) is 6.08 Å². The van der Waals surface area contributed by atoms with Gasteiger partial charge in [0.25, 0.3) is 0 Å². The van der Waals surface area contributed by atoms with E-state index in [1.807, 2.05) is 31.2 Å². The van der Waals surface area contributed by atoms with Crippen LogP contribution in [0.3, 0.4) is 0 Å². The quantitative estimate of drug-likeness (QED) is 0.571. The number of fused-ring (bicyclic) bond motifs is 1. The molecule has 0 amide bonds. The molecule has 1 aliphatic rings. The Bertz CT molecular complexity index is 963. The molecule has 0 saturated heterocycles. The van der Waals surface area contributed by atoms with Crippen LogP contribution in [0.4, 0.5) is 0 Å². The number of allylic oxidation sites excluding steroid dienone is 1. The molecule has 0 spiro atoms. The van der Waals surface area contributed by atoms with E-state index in [0.29, 0.717) is 22.6 Å². The Morgan fingerprint density at radius 1 is 1.11 bits per heavy atom. The molecule has 146 valence electrons. The summed E-state index contributed by atoms with van der Waals surface area (Å²) in [4.78, 5) is 24.6. The monoisotopic (exact) mass is 380 g/mol. The molecule has 5 nitrogen and oxygen atoms in total. The van der Waals surface area contributed by atoms with Crippen molar-refractivity contribution >= 4 is 17.8 Å². The van der Waals surface area contributed by atoms with Gasteiger partial charge in [-0.05, 0) is 64.0 Å². The zero-order chi connectivity index (χ0) is 20.5. The topological polar surface area (TPSA) is 61.8 Å². The van der Waals surface area contributed by atoms with Gasteiger partial charge in [-0.3, -0.25) is 4.79 Å². The molecule has 28 heavy (non-hydrogen) atoms. The smallest absolute Gasteiger partial charge is 0.344 e. The number of ketones is 1. The van der Waals surface area contributed by atoms with Crippen molar-refractivity contribution in [1.29, 1.82) is 0 Å². The Balaban J connectivity index is 1.80. The van der Waals surface area contributed by atoms with E-state index >= 15 is 0 Å². The number of hydrogen-bond donors (Lipinski definition) is 0. The van der Waals surface area contributed by atoms with E-state index in [0.717, 1.165) is 11.1 Å². The van der Waals surface area contributed by atoms with Gasteiger partial charge in [0.15, 0.2) is 12.4 Å². The first-order valence-corrected chi connectivity index (χ1v) is 9.14. The summed E-state index contributed by atoms with van der Waals surface area (Å²) < 4.78 is 16.7. The summed E-state index contributed by atoms with van der Waals surface area (Å²) in [6.07, 6.45) is 1.75. The van der Waals surface area contributed by atoms with Crippen LogP contribution in [-0.2, 0) is 9.53 Å². The second-order valence-corrected chi connectivity index (χ2v) is 7.74. The molecule has 0 radical (unpaired) electrons. The normalized spacial score (nSPS) is 14.6. The van der Waals surface area contributed by atoms with Crippen molar-refractivity contribution in [3.63, 3.8) is 0 Å². The molecule has 1 heterocycles. The first-order valence-electron chi connectivity index (χ1n) is 9.14. The average molecular weight is 380 g/mol. The van der Waals surface area contributed by atoms with Gasteiger partial charge in [-0.1, -0.05) is 24.3 Å². The predicted molar refractivity (Wildman–Crippen MR) is 107 cm³/mol. The molecule has 0 unspecified atom stereocenters. The van der Waals surface area contributed by atoms with Crippen LogP contribution in [0.5, 0.6) is 11.5 Å². The van der Waals surface area contributed by atoms with E-state index in [1.54, 1.807) is 45.9 Å². The van der Waals surface area contributed by atoms with Crippen molar-refractivity contribution in [2.75, 3.05) is 6.61 Å². The Morgan fingerprint density at radius 3 is 2.50 bits per heavy atom. The van der Waals surface area contributed by atoms with Crippen LogP contribution < -0.4 is 9.47 Å². The summed E-state index contributed by atoms with van der Waals surface area (Å²) >= 11 is 0. The lowest BCUT2D eigenvalue weighted by Gasteiger charge is -2.19. The number of Topliss-reactive ketones (excluding diaryl/α,β-unsaturated/α-hetero) is 1. The third-order valence-electron chi connectivity index (χ3n) is 4.28. The molecule has 3 rings (SSSR count). The molecule has 0 atom stereocenters. The van der Waals surface area contributed by atoms with Crippen LogP contribution in [0.15, 0.2) is 42.2 Å². The van der Waals surface area contributed by atoms with Gasteiger partial charge in [0.05, 0.1) is 5.56 Å². The summed E-state index contributed by atoms with van der Waals surface area (Å²) in [7, 11) is 0. The molecule has 2 aromatic rings. The number of ether oxygens (including phenoxy) is 3. The number of aryl methyl sites for hydroxylation is 1. The van der Waals surface area contributed by atoms with Crippen LogP contribution >= 0.6 is 0 Å². The maximum Gasteiger partial charge on any atom is 0.344 e. The molecule has 2 aromatic carbocycles. The van der Waals surface area contributed by atoms with E-state index in [2.05, 4.69) is 0 Å². The lowest BCUT2D eigenvalue weighted by molar-refractivity contribution is -0.157. The van der Waals surface area contributed by atoms with Crippen LogP contribution in [0, 0.1) is 13.8 Å². The molecule has 1 aliphatic heterocycles. The van der Waals surface area contributed by atoms with Gasteiger partial charge in [-0.25, -0.2) is 4.79 Å². The molecule has 5 heteroatoms. The highest BCUT2D eigenvalue weighted by molar-refractivity contribution is 6.15. The summed E-state index contributed by atoms with van der Waals surface area (Å²) in [5.74, 6) is 0.599. The van der Waals surface area contributed by atoms with E-state index in [4.69, 9.17) is 14.2 Å². The minimum Gasteiger partial charge on any atom is -0.481 e. The lowest BCUT2D eigenvalue weighted by atomic mass is 10.0. The fourth-order valence-electron chi connectivity index (χ4n) is 2.92. The van der Waals surface area contributed by atoms with E-state index < -0.39 is 11.6 Å². The Hall–Kier alpha value is -3.08. The molecular formula is C23H24O5. The third-order valence-corrected chi connectivity index (χ3v) is 4.28. The van der Waals surface area contributed by atoms with Crippen molar-refractivity contribution in [2.45, 2.75) is 40.2 Å². The Kier molecular flexibility index (Phi) is 5.27. The van der Waals surface area contributed by atoms with Gasteiger partial charge in [0.2, 0.25) is 5.78 Å². The standard InChI is InChI=1S/C23H24O5/c1-14-8-6-7-9-16(14)12-19-21(25)17-10-11-18(15(2)22(17)27-19)26-13-20(24)28-23(3,4)5/h6-12H,13H2,1-5H3/b19-12-. The molecule has 0 bridgehead atoms. The number of carbonyl (C=O) groups is 2. The predicted octanol–water partition coefficient (Wildman–Crippen LogP) is 4.64. The fourth-order valence-corrected chi connectivity index (χ4v) is 2.92. The lowest BCUT2D eigenvalue weighted by Crippen LogP contribution is -2.27. The first-order chi connectivity index (χ1) is 13.2. The summed E-state index contributed by atoms with van der Waals surface area (Å²) in [6.45, 7) is 8.96. The average Bonchev–Trinajstić information content (AvgIpc) is 2.92. The maximum atomic E-state index is 12.7. The summed E-state index contributed by atoms with van der Waals surface area (Å²) in [5, 5.41) is 0. The molecule has 0 N–H and O–H groups in total. The zero-order valence-corrected chi connectivity index (χ0v) is 16.8. The largest absolute Gasteiger partial charge is 0.481 e. The fraction of sp³-hybridized carbons (Fsp3) is 0.304. The van der Waals surface area contributed by atoms with Crippen LogP contribution in [-0.4, -0.2) is 24.0 Å². The van der Waals surface area contributed by atoms with Crippen molar-refractivity contribution in [2.24, 2.45) is 0 Å². The van der Waals surface area contributed by atoms with Crippen LogP contribution in [0.2, 0.25) is 0 Å². The second-order valence-electron chi connectivity index (χ2n) is 7.74.